The number of hydrogen-bond acceptors (Lipinski definition) is 6. The number of fused-ring (bicyclic) bond motifs is 1. The first-order valence-corrected chi connectivity index (χ1v) is 14.4. The number of aliphatic hydroxyl groups excluding tert-OH is 1. The molecule has 2 rings (SSSR count). The van der Waals surface area contributed by atoms with Crippen LogP contribution >= 0.6 is 11.8 Å². The van der Waals surface area contributed by atoms with Crippen LogP contribution in [0.15, 0.2) is 62.7 Å². The van der Waals surface area contributed by atoms with Crippen LogP contribution in [-0.2, 0) is 4.79 Å². The van der Waals surface area contributed by atoms with Crippen molar-refractivity contribution in [3.05, 3.63) is 64.6 Å². The summed E-state index contributed by atoms with van der Waals surface area (Å²) in [5.74, 6) is -2.66. The molecule has 1 aromatic heterocycles. The van der Waals surface area contributed by atoms with Crippen molar-refractivity contribution in [2.45, 2.75) is 100 Å². The Hall–Kier alpha value is -2.84. The van der Waals surface area contributed by atoms with E-state index in [0.29, 0.717) is 17.7 Å². The van der Waals surface area contributed by atoms with Gasteiger partial charge in [-0.25, -0.2) is 4.79 Å². The zero-order chi connectivity index (χ0) is 27.8. The summed E-state index contributed by atoms with van der Waals surface area (Å²) in [7, 11) is 0. The Balaban J connectivity index is 2.00. The summed E-state index contributed by atoms with van der Waals surface area (Å²) < 4.78 is 5.39. The fraction of sp³-hybridized carbons (Fsp3) is 0.500. The van der Waals surface area contributed by atoms with Gasteiger partial charge in [0.2, 0.25) is 5.76 Å². The maximum Gasteiger partial charge on any atom is 0.371 e. The zero-order valence-electron chi connectivity index (χ0n) is 22.1. The highest BCUT2D eigenvalue weighted by molar-refractivity contribution is 8.00. The summed E-state index contributed by atoms with van der Waals surface area (Å²) >= 11 is 1.35. The second-order valence-corrected chi connectivity index (χ2v) is 10.7. The van der Waals surface area contributed by atoms with Crippen LogP contribution in [0.3, 0.4) is 0 Å². The van der Waals surface area contributed by atoms with Crippen molar-refractivity contribution >= 4 is 34.7 Å². The molecule has 38 heavy (non-hydrogen) atoms. The lowest BCUT2D eigenvalue weighted by molar-refractivity contribution is -0.137. The number of unbranched alkanes of at least 4 members (excludes halogenated alkanes) is 8. The lowest BCUT2D eigenvalue weighted by Gasteiger charge is -2.19. The van der Waals surface area contributed by atoms with E-state index in [1.165, 1.54) is 56.7 Å². The van der Waals surface area contributed by atoms with Gasteiger partial charge in [-0.1, -0.05) is 76.2 Å². The van der Waals surface area contributed by atoms with Crippen LogP contribution in [0.1, 0.15) is 94.5 Å². The molecular formula is C30H40O7S. The molecule has 0 saturated carbocycles. The van der Waals surface area contributed by atoms with Gasteiger partial charge < -0.3 is 19.7 Å². The van der Waals surface area contributed by atoms with Crippen molar-refractivity contribution < 1.29 is 29.3 Å². The van der Waals surface area contributed by atoms with Crippen molar-refractivity contribution in [3.8, 4) is 0 Å². The first kappa shape index (κ1) is 31.4. The lowest BCUT2D eigenvalue weighted by Crippen LogP contribution is -2.21. The molecule has 2 aromatic rings. The van der Waals surface area contributed by atoms with Gasteiger partial charge in [0, 0.05) is 17.4 Å². The largest absolute Gasteiger partial charge is 0.481 e. The first-order valence-electron chi connectivity index (χ1n) is 13.5. The van der Waals surface area contributed by atoms with Gasteiger partial charge in [-0.2, -0.15) is 0 Å². The molecule has 0 spiro atoms. The Morgan fingerprint density at radius 2 is 1.68 bits per heavy atom. The quantitative estimate of drug-likeness (QED) is 0.0962. The third-order valence-electron chi connectivity index (χ3n) is 6.23. The third kappa shape index (κ3) is 11.7. The normalized spacial score (nSPS) is 13.4. The number of hydrogen-bond donors (Lipinski definition) is 3. The molecule has 0 bridgehead atoms. The fourth-order valence-corrected chi connectivity index (χ4v) is 5.19. The number of rotatable bonds is 19. The Bertz CT molecular complexity index is 1140. The Kier molecular flexibility index (Phi) is 14.6. The van der Waals surface area contributed by atoms with Gasteiger partial charge in [-0.15, -0.1) is 11.8 Å². The molecule has 0 aliphatic heterocycles. The van der Waals surface area contributed by atoms with Gasteiger partial charge in [0.1, 0.15) is 5.58 Å². The van der Waals surface area contributed by atoms with Crippen molar-refractivity contribution in [2.24, 2.45) is 0 Å². The third-order valence-corrected chi connectivity index (χ3v) is 7.50. The van der Waals surface area contributed by atoms with E-state index in [-0.39, 0.29) is 22.6 Å². The predicted octanol–water partition coefficient (Wildman–Crippen LogP) is 7.21. The molecule has 0 radical (unpaired) electrons. The van der Waals surface area contributed by atoms with Crippen molar-refractivity contribution in [1.82, 2.24) is 0 Å². The van der Waals surface area contributed by atoms with Crippen LogP contribution in [-0.4, -0.2) is 38.6 Å². The number of aliphatic hydroxyl groups is 1. The highest BCUT2D eigenvalue weighted by atomic mass is 32.2. The molecule has 0 aliphatic carbocycles. The van der Waals surface area contributed by atoms with Gasteiger partial charge in [0.05, 0.1) is 16.7 Å². The number of benzene rings is 1. The minimum atomic E-state index is -1.32. The minimum Gasteiger partial charge on any atom is -0.481 e. The van der Waals surface area contributed by atoms with Crippen LogP contribution in [0.2, 0.25) is 0 Å². The summed E-state index contributed by atoms with van der Waals surface area (Å²) in [4.78, 5) is 35.1. The van der Waals surface area contributed by atoms with Crippen LogP contribution in [0.25, 0.3) is 11.0 Å². The first-order chi connectivity index (χ1) is 18.3. The molecule has 0 aliphatic rings. The maximum absolute atomic E-state index is 12.2. The number of aliphatic carboxylic acids is 1. The second-order valence-electron chi connectivity index (χ2n) is 9.45. The highest BCUT2D eigenvalue weighted by Crippen LogP contribution is 2.30. The monoisotopic (exact) mass is 544 g/mol. The molecule has 0 fully saturated rings. The molecule has 208 valence electrons. The fourth-order valence-electron chi connectivity index (χ4n) is 4.09. The number of thioether (sulfide) groups is 1. The van der Waals surface area contributed by atoms with Gasteiger partial charge in [-0.05, 0) is 43.9 Å². The number of carbonyl (C=O) groups is 2. The zero-order valence-corrected chi connectivity index (χ0v) is 23.0. The molecule has 0 amide bonds. The molecule has 0 unspecified atom stereocenters. The van der Waals surface area contributed by atoms with Crippen LogP contribution in [0.4, 0.5) is 0 Å². The number of carboxylic acids is 2. The van der Waals surface area contributed by atoms with Gasteiger partial charge >= 0.3 is 11.9 Å². The van der Waals surface area contributed by atoms with Crippen LogP contribution in [0, 0.1) is 0 Å². The van der Waals surface area contributed by atoms with Gasteiger partial charge in [-0.3, -0.25) is 9.59 Å². The highest BCUT2D eigenvalue weighted by Gasteiger charge is 2.19. The Morgan fingerprint density at radius 3 is 2.37 bits per heavy atom. The van der Waals surface area contributed by atoms with Crippen LogP contribution in [0.5, 0.6) is 0 Å². The summed E-state index contributed by atoms with van der Waals surface area (Å²) in [5, 5.41) is 28.8. The molecule has 1 heterocycles. The molecule has 8 heteroatoms. The molecule has 1 aromatic carbocycles. The number of allylic oxidation sites excluding steroid dienone is 3. The predicted molar refractivity (Wildman–Crippen MR) is 152 cm³/mol. The summed E-state index contributed by atoms with van der Waals surface area (Å²) in [6, 6.07) is 5.86. The van der Waals surface area contributed by atoms with Crippen molar-refractivity contribution in [3.63, 3.8) is 0 Å². The number of aromatic carboxylic acids is 1. The number of carboxylic acid groups (broad SMARTS) is 2. The smallest absolute Gasteiger partial charge is 0.371 e. The van der Waals surface area contributed by atoms with E-state index in [4.69, 9.17) is 9.52 Å². The van der Waals surface area contributed by atoms with E-state index in [1.807, 2.05) is 18.2 Å². The standard InChI is InChI=1S/C30H40O7S/c1-2-3-4-5-6-7-8-9-10-11-12-13-16-28(24(31)15-14-17-29(33)34)38-22-18-19-23-25(32)21-27(30(35)36)37-26(23)20-22/h11-13,16,18-21,24,28,31H,2-10,14-15,17H2,1H3,(H,33,34)(H,35,36)/b12-11-,16-13+/t24-,28+/m0/s1. The van der Waals surface area contributed by atoms with E-state index in [9.17, 15) is 24.6 Å². The molecular weight excluding hydrogens is 504 g/mol. The van der Waals surface area contributed by atoms with E-state index in [1.54, 1.807) is 18.2 Å². The summed E-state index contributed by atoms with van der Waals surface area (Å²) in [5.41, 5.74) is -0.278. The van der Waals surface area contributed by atoms with Gasteiger partial charge in [0.25, 0.3) is 0 Å². The van der Waals surface area contributed by atoms with Gasteiger partial charge in [0.15, 0.2) is 5.43 Å². The topological polar surface area (TPSA) is 125 Å². The van der Waals surface area contributed by atoms with Crippen molar-refractivity contribution in [2.75, 3.05) is 0 Å². The summed E-state index contributed by atoms with van der Waals surface area (Å²) in [6.45, 7) is 2.23. The molecule has 0 saturated heterocycles. The maximum atomic E-state index is 12.2. The minimum absolute atomic E-state index is 0.0181. The average molecular weight is 545 g/mol. The molecule has 2 atom stereocenters. The SMILES string of the molecule is CCCCCCCCCC/C=C\C=C\[C@@H](Sc1ccc2c(=O)cc(C(=O)O)oc2c1)[C@@H](O)CCCC(=O)O. The average Bonchev–Trinajstić information content (AvgIpc) is 2.88. The molecule has 3 N–H and O–H groups in total. The summed E-state index contributed by atoms with van der Waals surface area (Å²) in [6.07, 6.45) is 18.9. The Labute approximate surface area is 228 Å². The van der Waals surface area contributed by atoms with E-state index >= 15 is 0 Å². The second kappa shape index (κ2) is 17.6. The molecule has 7 nitrogen and oxygen atoms in total. The van der Waals surface area contributed by atoms with Crippen LogP contribution < -0.4 is 5.43 Å². The lowest BCUT2D eigenvalue weighted by atomic mass is 10.1. The van der Waals surface area contributed by atoms with Crippen molar-refractivity contribution in [1.29, 1.82) is 0 Å². The van der Waals surface area contributed by atoms with E-state index in [0.717, 1.165) is 18.9 Å². The van der Waals surface area contributed by atoms with E-state index in [2.05, 4.69) is 13.0 Å². The Morgan fingerprint density at radius 1 is 0.974 bits per heavy atom. The van der Waals surface area contributed by atoms with E-state index < -0.39 is 29.2 Å².